The maximum absolute atomic E-state index is 4.58. The lowest BCUT2D eigenvalue weighted by molar-refractivity contribution is 0.479. The molecule has 1 aliphatic rings. The molecule has 2 N–H and O–H groups in total. The first-order valence-electron chi connectivity index (χ1n) is 6.66. The van der Waals surface area contributed by atoms with Gasteiger partial charge < -0.3 is 10.6 Å². The monoisotopic (exact) mass is 241 g/mol. The van der Waals surface area contributed by atoms with E-state index in [1.165, 1.54) is 23.9 Å². The van der Waals surface area contributed by atoms with Gasteiger partial charge in [-0.2, -0.15) is 0 Å². The molecule has 1 aromatic carbocycles. The van der Waals surface area contributed by atoms with Crippen LogP contribution in [-0.2, 0) is 0 Å². The van der Waals surface area contributed by atoms with Gasteiger partial charge in [0.05, 0.1) is 5.52 Å². The van der Waals surface area contributed by atoms with Crippen molar-refractivity contribution in [2.24, 2.45) is 0 Å². The highest BCUT2D eigenvalue weighted by atomic mass is 15.0. The number of piperidine rings is 1. The van der Waals surface area contributed by atoms with Gasteiger partial charge in [-0.05, 0) is 51.1 Å². The number of aromatic nitrogens is 1. The second-order valence-corrected chi connectivity index (χ2v) is 5.03. The Morgan fingerprint density at radius 3 is 2.78 bits per heavy atom. The molecule has 1 saturated heterocycles. The second kappa shape index (κ2) is 4.94. The lowest BCUT2D eigenvalue weighted by Crippen LogP contribution is -2.35. The molecule has 3 rings (SSSR count). The Balaban J connectivity index is 1.83. The standard InChI is InChI=1S/C15H19N3/c1-11-2-3-12-4-5-14(10-15(12)17-11)18-13-6-8-16-9-7-13/h2-5,10,13,16,18H,6-9H2,1H3. The molecule has 94 valence electrons. The molecular weight excluding hydrogens is 222 g/mol. The second-order valence-electron chi connectivity index (χ2n) is 5.03. The molecule has 0 atom stereocenters. The molecule has 0 radical (unpaired) electrons. The van der Waals surface area contributed by atoms with Crippen molar-refractivity contribution in [1.82, 2.24) is 10.3 Å². The number of aryl methyl sites for hydroxylation is 1. The predicted molar refractivity (Wildman–Crippen MR) is 76.0 cm³/mol. The van der Waals surface area contributed by atoms with E-state index in [1.54, 1.807) is 0 Å². The van der Waals surface area contributed by atoms with Crippen LogP contribution in [0.15, 0.2) is 30.3 Å². The Labute approximate surface area is 108 Å². The van der Waals surface area contributed by atoms with Gasteiger partial charge in [-0.3, -0.25) is 4.98 Å². The fraction of sp³-hybridized carbons (Fsp3) is 0.400. The summed E-state index contributed by atoms with van der Waals surface area (Å²) >= 11 is 0. The zero-order valence-electron chi connectivity index (χ0n) is 10.7. The predicted octanol–water partition coefficient (Wildman–Crippen LogP) is 2.71. The first kappa shape index (κ1) is 11.5. The van der Waals surface area contributed by atoms with Crippen LogP contribution in [0.25, 0.3) is 10.9 Å². The molecule has 2 aromatic rings. The van der Waals surface area contributed by atoms with Crippen LogP contribution in [0.1, 0.15) is 18.5 Å². The highest BCUT2D eigenvalue weighted by Crippen LogP contribution is 2.20. The van der Waals surface area contributed by atoms with Crippen LogP contribution in [0.2, 0.25) is 0 Å². The van der Waals surface area contributed by atoms with Gasteiger partial charge in [0, 0.05) is 22.8 Å². The number of nitrogens with zero attached hydrogens (tertiary/aromatic N) is 1. The molecule has 0 unspecified atom stereocenters. The van der Waals surface area contributed by atoms with Crippen LogP contribution in [0, 0.1) is 6.92 Å². The summed E-state index contributed by atoms with van der Waals surface area (Å²) in [4.78, 5) is 4.58. The van der Waals surface area contributed by atoms with Crippen molar-refractivity contribution in [3.63, 3.8) is 0 Å². The Morgan fingerprint density at radius 1 is 1.17 bits per heavy atom. The lowest BCUT2D eigenvalue weighted by Gasteiger charge is -2.24. The number of anilines is 1. The van der Waals surface area contributed by atoms with Crippen LogP contribution in [0.3, 0.4) is 0 Å². The molecular formula is C15H19N3. The third-order valence-electron chi connectivity index (χ3n) is 3.54. The van der Waals surface area contributed by atoms with Crippen molar-refractivity contribution in [2.75, 3.05) is 18.4 Å². The molecule has 0 spiro atoms. The van der Waals surface area contributed by atoms with Gasteiger partial charge in [0.25, 0.3) is 0 Å². The molecule has 18 heavy (non-hydrogen) atoms. The van der Waals surface area contributed by atoms with Gasteiger partial charge in [-0.15, -0.1) is 0 Å². The molecule has 3 heteroatoms. The average molecular weight is 241 g/mol. The minimum absolute atomic E-state index is 0.591. The Hall–Kier alpha value is -1.61. The van der Waals surface area contributed by atoms with Crippen molar-refractivity contribution in [2.45, 2.75) is 25.8 Å². The van der Waals surface area contributed by atoms with E-state index in [4.69, 9.17) is 0 Å². The van der Waals surface area contributed by atoms with Crippen molar-refractivity contribution in [3.8, 4) is 0 Å². The van der Waals surface area contributed by atoms with Gasteiger partial charge in [-0.25, -0.2) is 0 Å². The fourth-order valence-electron chi connectivity index (χ4n) is 2.51. The zero-order valence-corrected chi connectivity index (χ0v) is 10.7. The van der Waals surface area contributed by atoms with E-state index in [-0.39, 0.29) is 0 Å². The number of hydrogen-bond donors (Lipinski definition) is 2. The van der Waals surface area contributed by atoms with Gasteiger partial charge in [0.15, 0.2) is 0 Å². The summed E-state index contributed by atoms with van der Waals surface area (Å²) < 4.78 is 0. The Kier molecular flexibility index (Phi) is 3.15. The molecule has 1 aliphatic heterocycles. The van der Waals surface area contributed by atoms with Crippen molar-refractivity contribution in [3.05, 3.63) is 36.0 Å². The first-order valence-corrected chi connectivity index (χ1v) is 6.66. The van der Waals surface area contributed by atoms with Crippen LogP contribution in [-0.4, -0.2) is 24.1 Å². The summed E-state index contributed by atoms with van der Waals surface area (Å²) in [5.74, 6) is 0. The smallest absolute Gasteiger partial charge is 0.0725 e. The Morgan fingerprint density at radius 2 is 1.94 bits per heavy atom. The summed E-state index contributed by atoms with van der Waals surface area (Å²) in [6.45, 7) is 4.26. The third kappa shape index (κ3) is 2.46. The highest BCUT2D eigenvalue weighted by Gasteiger charge is 2.12. The minimum Gasteiger partial charge on any atom is -0.382 e. The summed E-state index contributed by atoms with van der Waals surface area (Å²) in [7, 11) is 0. The summed E-state index contributed by atoms with van der Waals surface area (Å²) in [6, 6.07) is 11.2. The van der Waals surface area contributed by atoms with Gasteiger partial charge >= 0.3 is 0 Å². The largest absolute Gasteiger partial charge is 0.382 e. The van der Waals surface area contributed by atoms with Crippen LogP contribution < -0.4 is 10.6 Å². The zero-order chi connectivity index (χ0) is 12.4. The topological polar surface area (TPSA) is 37.0 Å². The lowest BCUT2D eigenvalue weighted by atomic mass is 10.1. The SMILES string of the molecule is Cc1ccc2ccc(NC3CCNCC3)cc2n1. The van der Waals surface area contributed by atoms with Gasteiger partial charge in [0.2, 0.25) is 0 Å². The molecule has 3 nitrogen and oxygen atoms in total. The number of fused-ring (bicyclic) bond motifs is 1. The van der Waals surface area contributed by atoms with Crippen molar-refractivity contribution >= 4 is 16.6 Å². The molecule has 2 heterocycles. The average Bonchev–Trinajstić information content (AvgIpc) is 2.39. The number of benzene rings is 1. The van der Waals surface area contributed by atoms with E-state index >= 15 is 0 Å². The highest BCUT2D eigenvalue weighted by molar-refractivity contribution is 5.82. The van der Waals surface area contributed by atoms with Gasteiger partial charge in [-0.1, -0.05) is 12.1 Å². The number of hydrogen-bond acceptors (Lipinski definition) is 3. The number of rotatable bonds is 2. The quantitative estimate of drug-likeness (QED) is 0.849. The molecule has 0 bridgehead atoms. The maximum atomic E-state index is 4.58. The number of nitrogens with one attached hydrogen (secondary N) is 2. The van der Waals surface area contributed by atoms with Crippen molar-refractivity contribution < 1.29 is 0 Å². The molecule has 0 amide bonds. The first-order chi connectivity index (χ1) is 8.81. The van der Waals surface area contributed by atoms with E-state index in [1.807, 2.05) is 6.92 Å². The van der Waals surface area contributed by atoms with E-state index in [9.17, 15) is 0 Å². The van der Waals surface area contributed by atoms with Crippen molar-refractivity contribution in [1.29, 1.82) is 0 Å². The van der Waals surface area contributed by atoms with Crippen LogP contribution >= 0.6 is 0 Å². The maximum Gasteiger partial charge on any atom is 0.0725 e. The van der Waals surface area contributed by atoms with E-state index < -0.39 is 0 Å². The molecule has 0 saturated carbocycles. The minimum atomic E-state index is 0.591. The summed E-state index contributed by atoms with van der Waals surface area (Å²) in [5.41, 5.74) is 3.34. The normalized spacial score (nSPS) is 16.9. The van der Waals surface area contributed by atoms with Gasteiger partial charge in [0.1, 0.15) is 0 Å². The van der Waals surface area contributed by atoms with E-state index in [2.05, 4.69) is 45.9 Å². The summed E-state index contributed by atoms with van der Waals surface area (Å²) in [5, 5.41) is 8.20. The fourth-order valence-corrected chi connectivity index (χ4v) is 2.51. The van der Waals surface area contributed by atoms with Crippen LogP contribution in [0.4, 0.5) is 5.69 Å². The van der Waals surface area contributed by atoms with E-state index in [0.29, 0.717) is 6.04 Å². The summed E-state index contributed by atoms with van der Waals surface area (Å²) in [6.07, 6.45) is 2.39. The number of pyridine rings is 1. The third-order valence-corrected chi connectivity index (χ3v) is 3.54. The molecule has 1 fully saturated rings. The molecule has 1 aromatic heterocycles. The molecule has 0 aliphatic carbocycles. The van der Waals surface area contributed by atoms with E-state index in [0.717, 1.165) is 24.3 Å². The Bertz CT molecular complexity index is 544. The van der Waals surface area contributed by atoms with Crippen LogP contribution in [0.5, 0.6) is 0 Å².